The highest BCUT2D eigenvalue weighted by molar-refractivity contribution is 6.46. The lowest BCUT2D eigenvalue weighted by Crippen LogP contribution is -2.24. The smallest absolute Gasteiger partial charge is 0.345 e. The third-order valence-electron chi connectivity index (χ3n) is 4.20. The molecule has 6 nitrogen and oxygen atoms in total. The minimum Gasteiger partial charge on any atom is -0.485 e. The summed E-state index contributed by atoms with van der Waals surface area (Å²) in [5.41, 5.74) is 1.73. The van der Waals surface area contributed by atoms with Gasteiger partial charge in [0.05, 0.1) is 10.6 Å². The summed E-state index contributed by atoms with van der Waals surface area (Å²) >= 11 is 6.03. The number of aryl methyl sites for hydroxylation is 1. The van der Waals surface area contributed by atoms with Crippen molar-refractivity contribution in [2.45, 2.75) is 6.92 Å². The molecule has 3 aromatic carbocycles. The molecule has 0 atom stereocenters. The van der Waals surface area contributed by atoms with E-state index in [1.807, 2.05) is 19.1 Å². The Morgan fingerprint density at radius 2 is 1.70 bits per heavy atom. The van der Waals surface area contributed by atoms with E-state index < -0.39 is 11.8 Å². The molecule has 2 N–H and O–H groups in total. The number of nitrogens with two attached hydrogens (primary N) is 1. The first kappa shape index (κ1) is 21.1. The van der Waals surface area contributed by atoms with Crippen LogP contribution in [0.4, 0.5) is 0 Å². The summed E-state index contributed by atoms with van der Waals surface area (Å²) in [4.78, 5) is 24.9. The van der Waals surface area contributed by atoms with Gasteiger partial charge in [-0.15, -0.1) is 0 Å². The van der Waals surface area contributed by atoms with E-state index in [-0.39, 0.29) is 28.7 Å². The molecule has 7 heteroatoms. The van der Waals surface area contributed by atoms with Crippen molar-refractivity contribution < 1.29 is 19.1 Å². The van der Waals surface area contributed by atoms with Gasteiger partial charge in [0.15, 0.2) is 6.61 Å². The lowest BCUT2D eigenvalue weighted by molar-refractivity contribution is -0.114. The second-order valence-electron chi connectivity index (χ2n) is 6.40. The number of rotatable bonds is 7. The maximum atomic E-state index is 12.6. The second-order valence-corrected chi connectivity index (χ2v) is 6.81. The molecule has 0 bridgehead atoms. The molecule has 0 unspecified atom stereocenters. The largest absolute Gasteiger partial charge is 0.485 e. The van der Waals surface area contributed by atoms with Crippen LogP contribution in [0.3, 0.4) is 0 Å². The molecule has 0 aromatic heterocycles. The van der Waals surface area contributed by atoms with Crippen LogP contribution >= 0.6 is 11.6 Å². The summed E-state index contributed by atoms with van der Waals surface area (Å²) in [5, 5.41) is 3.89. The summed E-state index contributed by atoms with van der Waals surface area (Å²) in [6.07, 6.45) is 0. The first-order valence-corrected chi connectivity index (χ1v) is 9.43. The summed E-state index contributed by atoms with van der Waals surface area (Å²) in [6, 6.07) is 20.2. The monoisotopic (exact) mass is 422 g/mol. The maximum Gasteiger partial charge on any atom is 0.345 e. The van der Waals surface area contributed by atoms with Crippen LogP contribution in [0.15, 0.2) is 77.9 Å². The molecule has 0 heterocycles. The van der Waals surface area contributed by atoms with Gasteiger partial charge in [0.2, 0.25) is 5.78 Å². The number of ketones is 1. The van der Waals surface area contributed by atoms with Crippen molar-refractivity contribution in [3.8, 4) is 11.5 Å². The van der Waals surface area contributed by atoms with Gasteiger partial charge >= 0.3 is 5.97 Å². The molecule has 30 heavy (non-hydrogen) atoms. The molecule has 152 valence electrons. The van der Waals surface area contributed by atoms with E-state index in [1.54, 1.807) is 54.6 Å². The molecule has 0 radical (unpaired) electrons. The zero-order valence-electron chi connectivity index (χ0n) is 16.2. The first-order chi connectivity index (χ1) is 14.5. The summed E-state index contributed by atoms with van der Waals surface area (Å²) in [6.45, 7) is 1.72. The Bertz CT molecular complexity index is 1090. The molecule has 0 saturated heterocycles. The fourth-order valence-corrected chi connectivity index (χ4v) is 2.87. The Labute approximate surface area is 178 Å². The van der Waals surface area contributed by atoms with Crippen LogP contribution in [0.2, 0.25) is 5.02 Å². The average molecular weight is 423 g/mol. The number of Topliss-reactive ketones (excluding diaryl/α,β-unsaturated/α-hetero) is 1. The average Bonchev–Trinajstić information content (AvgIpc) is 2.74. The van der Waals surface area contributed by atoms with Gasteiger partial charge in [0, 0.05) is 5.56 Å². The number of halogens is 1. The standard InChI is InChI=1S/C23H19ClN2O4/c1-15-9-11-17(12-10-15)29-14-21(27)22(26-25)16-5-4-6-18(13-16)30-23(28)19-7-2-3-8-20(19)24/h2-13H,14,25H2,1H3/b26-22+. The Balaban J connectivity index is 1.71. The summed E-state index contributed by atoms with van der Waals surface area (Å²) in [7, 11) is 0. The Kier molecular flexibility index (Phi) is 6.83. The SMILES string of the molecule is Cc1ccc(OCC(=O)/C(=N/N)c2cccc(OC(=O)c3ccccc3Cl)c2)cc1. The van der Waals surface area contributed by atoms with Crippen molar-refractivity contribution in [2.75, 3.05) is 6.61 Å². The van der Waals surface area contributed by atoms with Gasteiger partial charge in [-0.2, -0.15) is 5.10 Å². The summed E-state index contributed by atoms with van der Waals surface area (Å²) < 4.78 is 10.9. The molecule has 0 amide bonds. The number of carbonyl (C=O) groups is 2. The van der Waals surface area contributed by atoms with E-state index in [0.717, 1.165) is 5.56 Å². The van der Waals surface area contributed by atoms with Crippen LogP contribution in [0.5, 0.6) is 11.5 Å². The molecule has 0 aliphatic carbocycles. The van der Waals surface area contributed by atoms with E-state index in [9.17, 15) is 9.59 Å². The van der Waals surface area contributed by atoms with E-state index in [1.165, 1.54) is 6.07 Å². The van der Waals surface area contributed by atoms with Gasteiger partial charge in [0.1, 0.15) is 17.2 Å². The van der Waals surface area contributed by atoms with Gasteiger partial charge in [-0.3, -0.25) is 4.79 Å². The number of hydrogen-bond donors (Lipinski definition) is 1. The zero-order valence-corrected chi connectivity index (χ0v) is 16.9. The van der Waals surface area contributed by atoms with Crippen molar-refractivity contribution in [2.24, 2.45) is 10.9 Å². The topological polar surface area (TPSA) is 91.0 Å². The van der Waals surface area contributed by atoms with Crippen molar-refractivity contribution in [3.63, 3.8) is 0 Å². The third-order valence-corrected chi connectivity index (χ3v) is 4.53. The van der Waals surface area contributed by atoms with Gasteiger partial charge < -0.3 is 15.3 Å². The molecule has 3 aromatic rings. The molecule has 0 aliphatic heterocycles. The highest BCUT2D eigenvalue weighted by Gasteiger charge is 2.17. The highest BCUT2D eigenvalue weighted by Crippen LogP contribution is 2.20. The van der Waals surface area contributed by atoms with Crippen molar-refractivity contribution in [1.82, 2.24) is 0 Å². The minimum absolute atomic E-state index is 0.0118. The van der Waals surface area contributed by atoms with Crippen LogP contribution in [0.1, 0.15) is 21.5 Å². The predicted molar refractivity (Wildman–Crippen MR) is 115 cm³/mol. The molecular formula is C23H19ClN2O4. The number of esters is 1. The second kappa shape index (κ2) is 9.71. The van der Waals surface area contributed by atoms with E-state index in [4.69, 9.17) is 26.9 Å². The Morgan fingerprint density at radius 1 is 0.967 bits per heavy atom. The first-order valence-electron chi connectivity index (χ1n) is 9.05. The number of nitrogens with zero attached hydrogens (tertiary/aromatic N) is 1. The van der Waals surface area contributed by atoms with Crippen LogP contribution in [-0.4, -0.2) is 24.1 Å². The van der Waals surface area contributed by atoms with Crippen LogP contribution in [0.25, 0.3) is 0 Å². The van der Waals surface area contributed by atoms with Crippen molar-refractivity contribution in [3.05, 3.63) is 94.5 Å². The fourth-order valence-electron chi connectivity index (χ4n) is 2.65. The number of hydrazone groups is 1. The number of carbonyl (C=O) groups excluding carboxylic acids is 2. The minimum atomic E-state index is -0.613. The molecule has 3 rings (SSSR count). The quantitative estimate of drug-likeness (QED) is 0.203. The molecular weight excluding hydrogens is 404 g/mol. The van der Waals surface area contributed by atoms with Crippen LogP contribution in [0, 0.1) is 6.92 Å². The lowest BCUT2D eigenvalue weighted by atomic mass is 10.1. The van der Waals surface area contributed by atoms with Crippen molar-refractivity contribution >= 4 is 29.1 Å². The third kappa shape index (κ3) is 5.24. The molecule has 0 fully saturated rings. The molecule has 0 aliphatic rings. The Hall–Kier alpha value is -3.64. The normalized spacial score (nSPS) is 11.1. The fraction of sp³-hybridized carbons (Fsp3) is 0.0870. The Morgan fingerprint density at radius 3 is 2.40 bits per heavy atom. The predicted octanol–water partition coefficient (Wildman–Crippen LogP) is 4.18. The number of hydrogen-bond acceptors (Lipinski definition) is 6. The summed E-state index contributed by atoms with van der Waals surface area (Å²) in [5.74, 6) is 5.21. The highest BCUT2D eigenvalue weighted by atomic mass is 35.5. The van der Waals surface area contributed by atoms with Crippen LogP contribution < -0.4 is 15.3 Å². The van der Waals surface area contributed by atoms with Gasteiger partial charge in [0.25, 0.3) is 0 Å². The van der Waals surface area contributed by atoms with E-state index >= 15 is 0 Å². The molecule has 0 spiro atoms. The molecule has 0 saturated carbocycles. The van der Waals surface area contributed by atoms with Gasteiger partial charge in [-0.25, -0.2) is 4.79 Å². The van der Waals surface area contributed by atoms with Gasteiger partial charge in [-0.05, 0) is 43.3 Å². The number of ether oxygens (including phenoxy) is 2. The van der Waals surface area contributed by atoms with Crippen molar-refractivity contribution in [1.29, 1.82) is 0 Å². The van der Waals surface area contributed by atoms with E-state index in [0.29, 0.717) is 11.3 Å². The van der Waals surface area contributed by atoms with E-state index in [2.05, 4.69) is 5.10 Å². The van der Waals surface area contributed by atoms with Crippen LogP contribution in [-0.2, 0) is 4.79 Å². The maximum absolute atomic E-state index is 12.6. The zero-order chi connectivity index (χ0) is 21.5. The number of benzene rings is 3. The van der Waals surface area contributed by atoms with Gasteiger partial charge in [-0.1, -0.05) is 53.6 Å². The lowest BCUT2D eigenvalue weighted by Gasteiger charge is -2.10.